The molecule has 1 aliphatic rings. The summed E-state index contributed by atoms with van der Waals surface area (Å²) in [6.07, 6.45) is 1.20. The first-order valence-corrected chi connectivity index (χ1v) is 6.83. The van der Waals surface area contributed by atoms with E-state index in [0.717, 1.165) is 32.7 Å². The average Bonchev–Trinajstić information content (AvgIpc) is 2.32. The molecule has 0 aliphatic carbocycles. The summed E-state index contributed by atoms with van der Waals surface area (Å²) in [4.78, 5) is 4.92. The number of hydrogen-bond donors (Lipinski definition) is 2. The third kappa shape index (κ3) is 4.21. The summed E-state index contributed by atoms with van der Waals surface area (Å²) in [5.41, 5.74) is -0.164. The van der Waals surface area contributed by atoms with Crippen LogP contribution in [0.5, 0.6) is 0 Å². The lowest BCUT2D eigenvalue weighted by Crippen LogP contribution is -2.59. The normalized spacial score (nSPS) is 27.0. The first kappa shape index (κ1) is 14.9. The molecule has 1 heterocycles. The van der Waals surface area contributed by atoms with E-state index in [1.807, 2.05) is 0 Å². The minimum absolute atomic E-state index is 0.164. The van der Waals surface area contributed by atoms with E-state index in [9.17, 15) is 5.11 Å². The highest BCUT2D eigenvalue weighted by Crippen LogP contribution is 2.14. The van der Waals surface area contributed by atoms with Crippen molar-refractivity contribution in [1.82, 2.24) is 15.1 Å². The van der Waals surface area contributed by atoms with E-state index in [0.29, 0.717) is 6.04 Å². The van der Waals surface area contributed by atoms with Gasteiger partial charge < -0.3 is 15.3 Å². The molecule has 0 spiro atoms. The van der Waals surface area contributed by atoms with Crippen LogP contribution in [0.3, 0.4) is 0 Å². The molecule has 1 saturated heterocycles. The molecule has 1 rings (SSSR count). The van der Waals surface area contributed by atoms with Gasteiger partial charge in [0.2, 0.25) is 0 Å². The van der Waals surface area contributed by atoms with E-state index >= 15 is 0 Å². The summed E-state index contributed by atoms with van der Waals surface area (Å²) >= 11 is 0. The van der Waals surface area contributed by atoms with Gasteiger partial charge in [0.1, 0.15) is 0 Å². The Bertz CT molecular complexity index is 225. The van der Waals surface area contributed by atoms with Crippen molar-refractivity contribution >= 4 is 0 Å². The first-order chi connectivity index (χ1) is 8.04. The Kier molecular flexibility index (Phi) is 5.86. The molecule has 0 saturated carbocycles. The second-order valence-corrected chi connectivity index (χ2v) is 5.53. The molecule has 0 radical (unpaired) electrons. The first-order valence-electron chi connectivity index (χ1n) is 6.83. The highest BCUT2D eigenvalue weighted by molar-refractivity contribution is 4.89. The molecular formula is C13H29N3O. The van der Waals surface area contributed by atoms with Crippen molar-refractivity contribution in [1.29, 1.82) is 0 Å². The molecule has 0 aromatic rings. The van der Waals surface area contributed by atoms with Crippen LogP contribution < -0.4 is 5.32 Å². The summed E-state index contributed by atoms with van der Waals surface area (Å²) in [5, 5.41) is 12.9. The quantitative estimate of drug-likeness (QED) is 0.707. The minimum atomic E-state index is -0.164. The lowest BCUT2D eigenvalue weighted by Gasteiger charge is -2.43. The summed E-state index contributed by atoms with van der Waals surface area (Å²) in [5.74, 6) is 0. The minimum Gasteiger partial charge on any atom is -0.394 e. The van der Waals surface area contributed by atoms with Gasteiger partial charge in [0.05, 0.1) is 12.1 Å². The number of nitrogens with zero attached hydrogens (tertiary/aromatic N) is 2. The standard InChI is InChI=1S/C13H29N3O/c1-5-12-9-16(8-7-15(12)4)10-13(3,11-17)14-6-2/h12,14,17H,5-11H2,1-4H3. The number of piperazine rings is 1. The Balaban J connectivity index is 2.50. The molecule has 4 heteroatoms. The molecule has 2 N–H and O–H groups in total. The lowest BCUT2D eigenvalue weighted by molar-refractivity contribution is 0.0558. The van der Waals surface area contributed by atoms with Crippen LogP contribution in [0.2, 0.25) is 0 Å². The van der Waals surface area contributed by atoms with Crippen molar-refractivity contribution in [3.63, 3.8) is 0 Å². The summed E-state index contributed by atoms with van der Waals surface area (Å²) in [6, 6.07) is 0.660. The summed E-state index contributed by atoms with van der Waals surface area (Å²) in [7, 11) is 2.21. The van der Waals surface area contributed by atoms with E-state index in [4.69, 9.17) is 0 Å². The molecular weight excluding hydrogens is 214 g/mol. The van der Waals surface area contributed by atoms with Crippen LogP contribution in [0, 0.1) is 0 Å². The van der Waals surface area contributed by atoms with Crippen molar-refractivity contribution in [3.05, 3.63) is 0 Å². The number of hydrogen-bond acceptors (Lipinski definition) is 4. The maximum absolute atomic E-state index is 9.52. The molecule has 102 valence electrons. The second kappa shape index (κ2) is 6.69. The Morgan fingerprint density at radius 3 is 2.59 bits per heavy atom. The monoisotopic (exact) mass is 243 g/mol. The highest BCUT2D eigenvalue weighted by Gasteiger charge is 2.29. The van der Waals surface area contributed by atoms with E-state index in [1.54, 1.807) is 0 Å². The van der Waals surface area contributed by atoms with E-state index in [1.165, 1.54) is 6.42 Å². The number of rotatable bonds is 6. The van der Waals surface area contributed by atoms with Crippen molar-refractivity contribution in [2.45, 2.75) is 38.8 Å². The van der Waals surface area contributed by atoms with Crippen LogP contribution in [0.1, 0.15) is 27.2 Å². The Labute approximate surface area is 106 Å². The fourth-order valence-electron chi connectivity index (χ4n) is 2.68. The van der Waals surface area contributed by atoms with Crippen LogP contribution in [-0.2, 0) is 0 Å². The Hall–Kier alpha value is -0.160. The maximum atomic E-state index is 9.52. The van der Waals surface area contributed by atoms with Crippen molar-refractivity contribution in [2.75, 3.05) is 46.4 Å². The van der Waals surface area contributed by atoms with E-state index in [2.05, 4.69) is 42.9 Å². The van der Waals surface area contributed by atoms with Gasteiger partial charge in [0.15, 0.2) is 0 Å². The third-order valence-electron chi connectivity index (χ3n) is 3.86. The predicted octanol–water partition coefficient (Wildman–Crippen LogP) is 0.373. The molecule has 1 aliphatic heterocycles. The van der Waals surface area contributed by atoms with E-state index < -0.39 is 0 Å². The zero-order chi connectivity index (χ0) is 12.9. The number of nitrogens with one attached hydrogen (secondary N) is 1. The number of aliphatic hydroxyl groups excluding tert-OH is 1. The van der Waals surface area contributed by atoms with Crippen molar-refractivity contribution in [2.24, 2.45) is 0 Å². The largest absolute Gasteiger partial charge is 0.394 e. The van der Waals surface area contributed by atoms with Crippen LogP contribution in [-0.4, -0.2) is 72.9 Å². The molecule has 0 aromatic carbocycles. The van der Waals surface area contributed by atoms with Gasteiger partial charge in [0.25, 0.3) is 0 Å². The van der Waals surface area contributed by atoms with Crippen LogP contribution in [0.25, 0.3) is 0 Å². The lowest BCUT2D eigenvalue weighted by atomic mass is 10.0. The van der Waals surface area contributed by atoms with Crippen LogP contribution in [0.15, 0.2) is 0 Å². The molecule has 17 heavy (non-hydrogen) atoms. The fraction of sp³-hybridized carbons (Fsp3) is 1.00. The molecule has 0 amide bonds. The van der Waals surface area contributed by atoms with Gasteiger partial charge in [-0.1, -0.05) is 13.8 Å². The molecule has 0 bridgehead atoms. The molecule has 1 fully saturated rings. The number of aliphatic hydroxyl groups is 1. The molecule has 2 atom stereocenters. The fourth-order valence-corrected chi connectivity index (χ4v) is 2.68. The topological polar surface area (TPSA) is 38.7 Å². The van der Waals surface area contributed by atoms with Crippen LogP contribution >= 0.6 is 0 Å². The summed E-state index contributed by atoms with van der Waals surface area (Å²) < 4.78 is 0. The zero-order valence-electron chi connectivity index (χ0n) is 11.9. The van der Waals surface area contributed by atoms with Crippen LogP contribution in [0.4, 0.5) is 0 Å². The summed E-state index contributed by atoms with van der Waals surface area (Å²) in [6.45, 7) is 11.8. The van der Waals surface area contributed by atoms with E-state index in [-0.39, 0.29) is 12.1 Å². The SMILES string of the molecule is CCNC(C)(CO)CN1CCN(C)C(CC)C1. The second-order valence-electron chi connectivity index (χ2n) is 5.53. The van der Waals surface area contributed by atoms with Crippen molar-refractivity contribution < 1.29 is 5.11 Å². The Morgan fingerprint density at radius 2 is 2.06 bits per heavy atom. The smallest absolute Gasteiger partial charge is 0.0623 e. The molecule has 4 nitrogen and oxygen atoms in total. The Morgan fingerprint density at radius 1 is 1.35 bits per heavy atom. The van der Waals surface area contributed by atoms with Gasteiger partial charge in [-0.25, -0.2) is 0 Å². The zero-order valence-corrected chi connectivity index (χ0v) is 11.9. The van der Waals surface area contributed by atoms with Gasteiger partial charge in [-0.2, -0.15) is 0 Å². The molecule has 2 unspecified atom stereocenters. The average molecular weight is 243 g/mol. The maximum Gasteiger partial charge on any atom is 0.0623 e. The third-order valence-corrected chi connectivity index (χ3v) is 3.86. The van der Waals surface area contributed by atoms with Gasteiger partial charge in [-0.3, -0.25) is 4.90 Å². The molecule has 0 aromatic heterocycles. The van der Waals surface area contributed by atoms with Gasteiger partial charge in [-0.05, 0) is 26.9 Å². The highest BCUT2D eigenvalue weighted by atomic mass is 16.3. The van der Waals surface area contributed by atoms with Gasteiger partial charge >= 0.3 is 0 Å². The van der Waals surface area contributed by atoms with Crippen molar-refractivity contribution in [3.8, 4) is 0 Å². The van der Waals surface area contributed by atoms with Gasteiger partial charge in [-0.15, -0.1) is 0 Å². The number of likely N-dealkylation sites (N-methyl/N-ethyl adjacent to an activating group) is 2. The predicted molar refractivity (Wildman–Crippen MR) is 72.3 cm³/mol. The van der Waals surface area contributed by atoms with Gasteiger partial charge in [0, 0.05) is 32.2 Å².